The van der Waals surface area contributed by atoms with Gasteiger partial charge in [0.25, 0.3) is 0 Å². The molecule has 1 heteroatoms. The van der Waals surface area contributed by atoms with Crippen molar-refractivity contribution in [1.29, 1.82) is 0 Å². The van der Waals surface area contributed by atoms with Gasteiger partial charge in [-0.1, -0.05) is 65.7 Å². The molecule has 0 aliphatic carbocycles. The molecule has 0 unspecified atom stereocenters. The highest BCUT2D eigenvalue weighted by Crippen LogP contribution is 2.31. The van der Waals surface area contributed by atoms with Crippen LogP contribution in [0.1, 0.15) is 28.7 Å². The molecule has 0 fully saturated rings. The summed E-state index contributed by atoms with van der Waals surface area (Å²) in [5.41, 5.74) is 10.9. The highest BCUT2D eigenvalue weighted by molar-refractivity contribution is 5.40. The molecule has 2 N–H and O–H groups in total. The summed E-state index contributed by atoms with van der Waals surface area (Å²) < 4.78 is 0. The van der Waals surface area contributed by atoms with Crippen molar-refractivity contribution < 1.29 is 0 Å². The molecular formula is C18H21N. The van der Waals surface area contributed by atoms with Gasteiger partial charge < -0.3 is 5.73 Å². The molecule has 0 aliphatic rings. The van der Waals surface area contributed by atoms with Gasteiger partial charge in [0.05, 0.1) is 5.54 Å². The van der Waals surface area contributed by atoms with Crippen molar-refractivity contribution in [2.75, 3.05) is 0 Å². The normalized spacial score (nSPS) is 11.3. The maximum absolute atomic E-state index is 6.68. The molecule has 2 rings (SSSR count). The van der Waals surface area contributed by atoms with Gasteiger partial charge in [-0.05, 0) is 31.4 Å². The Morgan fingerprint density at radius 1 is 0.895 bits per heavy atom. The van der Waals surface area contributed by atoms with Gasteiger partial charge >= 0.3 is 0 Å². The highest BCUT2D eigenvalue weighted by Gasteiger charge is 2.27. The first-order valence-electron chi connectivity index (χ1n) is 6.60. The molecule has 0 aliphatic heterocycles. The Morgan fingerprint density at radius 2 is 1.26 bits per heavy atom. The largest absolute Gasteiger partial charge is 0.317 e. The van der Waals surface area contributed by atoms with Crippen LogP contribution >= 0.6 is 0 Å². The lowest BCUT2D eigenvalue weighted by atomic mass is 9.80. The third-order valence-corrected chi connectivity index (χ3v) is 3.60. The molecule has 0 spiro atoms. The van der Waals surface area contributed by atoms with E-state index in [4.69, 9.17) is 5.73 Å². The molecule has 0 aromatic heterocycles. The lowest BCUT2D eigenvalue weighted by Gasteiger charge is -2.30. The standard InChI is InChI=1S/C18H21N/c1-4-13-18(19,16-9-5-14(2)6-10-16)17-11-7-15(3)8-12-17/h4-12H,1,13,19H2,2-3H3. The summed E-state index contributed by atoms with van der Waals surface area (Å²) >= 11 is 0. The van der Waals surface area contributed by atoms with Gasteiger partial charge in [0.15, 0.2) is 0 Å². The average molecular weight is 251 g/mol. The number of aryl methyl sites for hydroxylation is 2. The lowest BCUT2D eigenvalue weighted by Crippen LogP contribution is -2.37. The predicted molar refractivity (Wildman–Crippen MR) is 82.1 cm³/mol. The van der Waals surface area contributed by atoms with Crippen molar-refractivity contribution in [3.63, 3.8) is 0 Å². The smallest absolute Gasteiger partial charge is 0.0700 e. The topological polar surface area (TPSA) is 26.0 Å². The van der Waals surface area contributed by atoms with Crippen LogP contribution in [0.25, 0.3) is 0 Å². The zero-order valence-corrected chi connectivity index (χ0v) is 11.7. The average Bonchev–Trinajstić information content (AvgIpc) is 2.40. The second kappa shape index (κ2) is 5.41. The Balaban J connectivity index is 2.50. The van der Waals surface area contributed by atoms with Crippen LogP contribution in [-0.4, -0.2) is 0 Å². The molecule has 98 valence electrons. The van der Waals surface area contributed by atoms with Crippen LogP contribution in [0.15, 0.2) is 61.2 Å². The monoisotopic (exact) mass is 251 g/mol. The van der Waals surface area contributed by atoms with E-state index in [0.29, 0.717) is 0 Å². The number of benzene rings is 2. The SMILES string of the molecule is C=CCC(N)(c1ccc(C)cc1)c1ccc(C)cc1. The Morgan fingerprint density at radius 3 is 1.58 bits per heavy atom. The van der Waals surface area contributed by atoms with Gasteiger partial charge in [-0.3, -0.25) is 0 Å². The van der Waals surface area contributed by atoms with Crippen molar-refractivity contribution in [3.8, 4) is 0 Å². The molecule has 2 aromatic rings. The van der Waals surface area contributed by atoms with E-state index in [-0.39, 0.29) is 0 Å². The van der Waals surface area contributed by atoms with Gasteiger partial charge in [0, 0.05) is 0 Å². The van der Waals surface area contributed by atoms with E-state index in [1.54, 1.807) is 0 Å². The van der Waals surface area contributed by atoms with Crippen LogP contribution in [0.3, 0.4) is 0 Å². The van der Waals surface area contributed by atoms with E-state index >= 15 is 0 Å². The number of rotatable bonds is 4. The van der Waals surface area contributed by atoms with E-state index < -0.39 is 5.54 Å². The molecule has 19 heavy (non-hydrogen) atoms. The molecule has 0 radical (unpaired) electrons. The number of hydrogen-bond acceptors (Lipinski definition) is 1. The van der Waals surface area contributed by atoms with Crippen LogP contribution in [0.2, 0.25) is 0 Å². The molecule has 0 atom stereocenters. The Hall–Kier alpha value is -1.86. The maximum atomic E-state index is 6.68. The first-order valence-corrected chi connectivity index (χ1v) is 6.60. The van der Waals surface area contributed by atoms with Crippen LogP contribution < -0.4 is 5.73 Å². The van der Waals surface area contributed by atoms with Crippen molar-refractivity contribution >= 4 is 0 Å². The zero-order chi connectivity index (χ0) is 13.9. The second-order valence-electron chi connectivity index (χ2n) is 5.20. The summed E-state index contributed by atoms with van der Waals surface area (Å²) in [4.78, 5) is 0. The molecule has 0 saturated heterocycles. The second-order valence-corrected chi connectivity index (χ2v) is 5.20. The quantitative estimate of drug-likeness (QED) is 0.814. The minimum atomic E-state index is -0.497. The first kappa shape index (κ1) is 13.6. The Kier molecular flexibility index (Phi) is 3.87. The van der Waals surface area contributed by atoms with Gasteiger partial charge in [0.2, 0.25) is 0 Å². The summed E-state index contributed by atoms with van der Waals surface area (Å²) in [7, 11) is 0. The predicted octanol–water partition coefficient (Wildman–Crippen LogP) is 4.08. The van der Waals surface area contributed by atoms with Gasteiger partial charge in [-0.25, -0.2) is 0 Å². The molecule has 2 aromatic carbocycles. The molecule has 0 heterocycles. The Bertz CT molecular complexity index is 504. The summed E-state index contributed by atoms with van der Waals surface area (Å²) in [5.74, 6) is 0. The molecule has 0 amide bonds. The van der Waals surface area contributed by atoms with Gasteiger partial charge in [-0.15, -0.1) is 6.58 Å². The fraction of sp³-hybridized carbons (Fsp3) is 0.222. The van der Waals surface area contributed by atoms with Crippen molar-refractivity contribution in [2.24, 2.45) is 5.73 Å². The van der Waals surface area contributed by atoms with Gasteiger partial charge in [-0.2, -0.15) is 0 Å². The first-order chi connectivity index (χ1) is 9.06. The van der Waals surface area contributed by atoms with E-state index in [2.05, 4.69) is 69.0 Å². The fourth-order valence-electron chi connectivity index (χ4n) is 2.33. The molecule has 0 saturated carbocycles. The van der Waals surface area contributed by atoms with Crippen LogP contribution in [0.5, 0.6) is 0 Å². The van der Waals surface area contributed by atoms with Crippen molar-refractivity contribution in [2.45, 2.75) is 25.8 Å². The van der Waals surface area contributed by atoms with Gasteiger partial charge in [0.1, 0.15) is 0 Å². The van der Waals surface area contributed by atoms with E-state index in [9.17, 15) is 0 Å². The van der Waals surface area contributed by atoms with Crippen LogP contribution in [0, 0.1) is 13.8 Å². The molecule has 0 bridgehead atoms. The summed E-state index contributed by atoms with van der Waals surface area (Å²) in [6.45, 7) is 8.02. The minimum Gasteiger partial charge on any atom is -0.317 e. The summed E-state index contributed by atoms with van der Waals surface area (Å²) in [5, 5.41) is 0. The van der Waals surface area contributed by atoms with Crippen molar-refractivity contribution in [3.05, 3.63) is 83.4 Å². The highest BCUT2D eigenvalue weighted by atomic mass is 14.7. The zero-order valence-electron chi connectivity index (χ0n) is 11.7. The van der Waals surface area contributed by atoms with Crippen molar-refractivity contribution in [1.82, 2.24) is 0 Å². The van der Waals surface area contributed by atoms with E-state index in [1.807, 2.05) is 6.08 Å². The third-order valence-electron chi connectivity index (χ3n) is 3.60. The fourth-order valence-corrected chi connectivity index (χ4v) is 2.33. The van der Waals surface area contributed by atoms with E-state index in [1.165, 1.54) is 11.1 Å². The van der Waals surface area contributed by atoms with Crippen LogP contribution in [-0.2, 0) is 5.54 Å². The number of hydrogen-bond donors (Lipinski definition) is 1. The molecular weight excluding hydrogens is 230 g/mol. The summed E-state index contributed by atoms with van der Waals surface area (Å²) in [6, 6.07) is 16.9. The Labute approximate surface area is 115 Å². The van der Waals surface area contributed by atoms with E-state index in [0.717, 1.165) is 17.5 Å². The lowest BCUT2D eigenvalue weighted by molar-refractivity contribution is 0.547. The third kappa shape index (κ3) is 2.77. The molecule has 1 nitrogen and oxygen atoms in total. The minimum absolute atomic E-state index is 0.497. The summed E-state index contributed by atoms with van der Waals surface area (Å²) in [6.07, 6.45) is 2.61. The number of nitrogens with two attached hydrogens (primary N) is 1. The maximum Gasteiger partial charge on any atom is 0.0700 e. The van der Waals surface area contributed by atoms with Crippen LogP contribution in [0.4, 0.5) is 0 Å².